The number of aliphatic hydroxyl groups excluding tert-OH is 1. The van der Waals surface area contributed by atoms with Gasteiger partial charge in [-0.2, -0.15) is 0 Å². The van der Waals surface area contributed by atoms with Crippen LogP contribution in [0.15, 0.2) is 12.2 Å². The second kappa shape index (κ2) is 51.3. The number of ether oxygens (including phenoxy) is 1. The number of nitrogens with one attached hydrogen (secondary N) is 1. The van der Waals surface area contributed by atoms with E-state index in [0.717, 1.165) is 38.5 Å². The van der Waals surface area contributed by atoms with Gasteiger partial charge in [-0.3, -0.25) is 9.59 Å². The van der Waals surface area contributed by atoms with Crippen molar-refractivity contribution in [3.8, 4) is 0 Å². The molecule has 0 aromatic heterocycles. The summed E-state index contributed by atoms with van der Waals surface area (Å²) in [5.41, 5.74) is 0. The Morgan fingerprint density at radius 3 is 1.02 bits per heavy atom. The van der Waals surface area contributed by atoms with Crippen LogP contribution in [-0.4, -0.2) is 35.7 Å². The topological polar surface area (TPSA) is 75.6 Å². The molecule has 0 saturated heterocycles. The average molecular weight is 860 g/mol. The second-order valence-electron chi connectivity index (χ2n) is 19.2. The average Bonchev–Trinajstić information content (AvgIpc) is 3.26. The molecule has 0 fully saturated rings. The molecule has 0 rings (SSSR count). The highest BCUT2D eigenvalue weighted by Gasteiger charge is 2.21. The number of rotatable bonds is 51. The predicted molar refractivity (Wildman–Crippen MR) is 267 cm³/mol. The molecule has 0 aliphatic heterocycles. The van der Waals surface area contributed by atoms with Gasteiger partial charge in [0.2, 0.25) is 5.91 Å². The van der Waals surface area contributed by atoms with Crippen molar-refractivity contribution in [3.05, 3.63) is 12.2 Å². The maximum atomic E-state index is 13.0. The van der Waals surface area contributed by atoms with E-state index in [1.807, 2.05) is 6.08 Å². The number of carbonyl (C=O) groups excluding carboxylic acids is 2. The molecular weight excluding hydrogens is 751 g/mol. The minimum atomic E-state index is -0.869. The Hall–Kier alpha value is -1.36. The Morgan fingerprint density at radius 2 is 0.689 bits per heavy atom. The van der Waals surface area contributed by atoms with Gasteiger partial charge in [0.25, 0.3) is 0 Å². The van der Waals surface area contributed by atoms with Gasteiger partial charge in [0.1, 0.15) is 6.61 Å². The van der Waals surface area contributed by atoms with Gasteiger partial charge in [-0.05, 0) is 25.7 Å². The maximum Gasteiger partial charge on any atom is 0.305 e. The number of esters is 1. The van der Waals surface area contributed by atoms with E-state index in [1.165, 1.54) is 244 Å². The lowest BCUT2D eigenvalue weighted by Crippen LogP contribution is -2.46. The molecule has 1 amide bonds. The van der Waals surface area contributed by atoms with Gasteiger partial charge in [0.05, 0.1) is 12.1 Å². The largest absolute Gasteiger partial charge is 0.463 e. The van der Waals surface area contributed by atoms with Gasteiger partial charge in [-0.1, -0.05) is 290 Å². The molecule has 0 aliphatic rings. The first kappa shape index (κ1) is 59.6. The fourth-order valence-corrected chi connectivity index (χ4v) is 8.71. The van der Waals surface area contributed by atoms with Crippen LogP contribution in [0.1, 0.15) is 316 Å². The summed E-state index contributed by atoms with van der Waals surface area (Å²) in [6.07, 6.45) is 61.1. The number of aliphatic hydroxyl groups is 1. The molecule has 0 aliphatic carbocycles. The Kier molecular flexibility index (Phi) is 50.1. The van der Waals surface area contributed by atoms with Crippen LogP contribution >= 0.6 is 0 Å². The molecule has 362 valence electrons. The molecule has 61 heavy (non-hydrogen) atoms. The van der Waals surface area contributed by atoms with E-state index in [1.54, 1.807) is 6.08 Å². The van der Waals surface area contributed by atoms with Gasteiger partial charge >= 0.3 is 5.97 Å². The van der Waals surface area contributed by atoms with Crippen LogP contribution < -0.4 is 5.32 Å². The summed E-state index contributed by atoms with van der Waals surface area (Å²) in [6, 6.07) is -0.614. The molecule has 5 heteroatoms. The zero-order valence-corrected chi connectivity index (χ0v) is 41.7. The van der Waals surface area contributed by atoms with Crippen LogP contribution in [0.25, 0.3) is 0 Å². The van der Waals surface area contributed by atoms with E-state index < -0.39 is 12.1 Å². The third-order valence-electron chi connectivity index (χ3n) is 13.0. The van der Waals surface area contributed by atoms with Crippen LogP contribution in [0.2, 0.25) is 0 Å². The maximum absolute atomic E-state index is 13.0. The van der Waals surface area contributed by atoms with Crippen molar-refractivity contribution >= 4 is 11.9 Å². The van der Waals surface area contributed by atoms with Crippen molar-refractivity contribution in [2.45, 2.75) is 328 Å². The van der Waals surface area contributed by atoms with Gasteiger partial charge < -0.3 is 15.2 Å². The summed E-state index contributed by atoms with van der Waals surface area (Å²) >= 11 is 0. The second-order valence-corrected chi connectivity index (χ2v) is 19.2. The number of allylic oxidation sites excluding steroid dienone is 1. The lowest BCUT2D eigenvalue weighted by Gasteiger charge is -2.22. The van der Waals surface area contributed by atoms with E-state index in [9.17, 15) is 14.7 Å². The van der Waals surface area contributed by atoms with Crippen molar-refractivity contribution < 1.29 is 19.4 Å². The smallest absolute Gasteiger partial charge is 0.305 e. The van der Waals surface area contributed by atoms with Crippen LogP contribution in [0.5, 0.6) is 0 Å². The zero-order valence-electron chi connectivity index (χ0n) is 41.7. The molecular formula is C56H109NO4. The number of carbonyl (C=O) groups is 2. The highest BCUT2D eigenvalue weighted by molar-refractivity contribution is 5.76. The normalized spacial score (nSPS) is 12.7. The summed E-state index contributed by atoms with van der Waals surface area (Å²) in [5, 5.41) is 14.1. The van der Waals surface area contributed by atoms with Crippen LogP contribution in [-0.2, 0) is 14.3 Å². The third kappa shape index (κ3) is 47.9. The number of hydrogen-bond donors (Lipinski definition) is 2. The SMILES string of the molecule is CCCCCCCCCCCCC/C=C/[C@@H](O)[C@H](COC(=O)CCCCCCCCCCCCCCCCCCCCC)NC(=O)CCCCCCCCCCCCCCC. The monoisotopic (exact) mass is 860 g/mol. The minimum absolute atomic E-state index is 0.0201. The summed E-state index contributed by atoms with van der Waals surface area (Å²) in [5.74, 6) is -0.277. The van der Waals surface area contributed by atoms with E-state index in [2.05, 4.69) is 26.1 Å². The summed E-state index contributed by atoms with van der Waals surface area (Å²) in [6.45, 7) is 6.86. The molecule has 0 aromatic rings. The molecule has 0 heterocycles. The standard InChI is InChI=1S/C56H109NO4/c1-4-7-10-13-16-19-22-25-26-27-28-29-30-33-36-39-42-45-48-51-56(60)61-52-53(54(58)49-46-43-40-37-34-31-23-20-17-14-11-8-5-2)57-55(59)50-47-44-41-38-35-32-24-21-18-15-12-9-6-3/h46,49,53-54,58H,4-45,47-48,50-52H2,1-3H3,(H,57,59)/b49-46+/t53-,54+/m0/s1. The highest BCUT2D eigenvalue weighted by atomic mass is 16.5. The van der Waals surface area contributed by atoms with Crippen molar-refractivity contribution in [1.82, 2.24) is 5.32 Å². The number of amides is 1. The van der Waals surface area contributed by atoms with E-state index >= 15 is 0 Å². The number of unbranched alkanes of at least 4 members (excludes halogenated alkanes) is 41. The molecule has 0 spiro atoms. The Balaban J connectivity index is 4.30. The van der Waals surface area contributed by atoms with Gasteiger partial charge in [-0.25, -0.2) is 0 Å². The molecule has 2 N–H and O–H groups in total. The third-order valence-corrected chi connectivity index (χ3v) is 13.0. The molecule has 0 bridgehead atoms. The summed E-state index contributed by atoms with van der Waals surface area (Å²) in [7, 11) is 0. The Bertz CT molecular complexity index is 905. The van der Waals surface area contributed by atoms with Crippen molar-refractivity contribution in [2.75, 3.05) is 6.61 Å². The lowest BCUT2D eigenvalue weighted by molar-refractivity contribution is -0.146. The van der Waals surface area contributed by atoms with Crippen molar-refractivity contribution in [1.29, 1.82) is 0 Å². The fourth-order valence-electron chi connectivity index (χ4n) is 8.71. The molecule has 0 radical (unpaired) electrons. The zero-order chi connectivity index (χ0) is 44.4. The minimum Gasteiger partial charge on any atom is -0.463 e. The molecule has 2 atom stereocenters. The molecule has 0 saturated carbocycles. The molecule has 5 nitrogen and oxygen atoms in total. The first-order chi connectivity index (χ1) is 30.0. The van der Waals surface area contributed by atoms with Crippen LogP contribution in [0.4, 0.5) is 0 Å². The Morgan fingerprint density at radius 1 is 0.410 bits per heavy atom. The molecule has 0 aromatic carbocycles. The fraction of sp³-hybridized carbons (Fsp3) is 0.929. The quantitative estimate of drug-likeness (QED) is 0.0363. The molecule has 0 unspecified atom stereocenters. The van der Waals surface area contributed by atoms with E-state index in [4.69, 9.17) is 4.74 Å². The first-order valence-corrected chi connectivity index (χ1v) is 27.8. The van der Waals surface area contributed by atoms with E-state index in [0.29, 0.717) is 12.8 Å². The first-order valence-electron chi connectivity index (χ1n) is 27.8. The number of hydrogen-bond acceptors (Lipinski definition) is 4. The van der Waals surface area contributed by atoms with Crippen LogP contribution in [0.3, 0.4) is 0 Å². The van der Waals surface area contributed by atoms with Gasteiger partial charge in [0.15, 0.2) is 0 Å². The van der Waals surface area contributed by atoms with Gasteiger partial charge in [-0.15, -0.1) is 0 Å². The summed E-state index contributed by atoms with van der Waals surface area (Å²) in [4.78, 5) is 25.7. The Labute approximate surface area is 382 Å². The van der Waals surface area contributed by atoms with Crippen molar-refractivity contribution in [2.24, 2.45) is 0 Å². The lowest BCUT2D eigenvalue weighted by atomic mass is 10.0. The van der Waals surface area contributed by atoms with E-state index in [-0.39, 0.29) is 18.5 Å². The van der Waals surface area contributed by atoms with Gasteiger partial charge in [0, 0.05) is 12.8 Å². The van der Waals surface area contributed by atoms with Crippen molar-refractivity contribution in [3.63, 3.8) is 0 Å². The van der Waals surface area contributed by atoms with Crippen LogP contribution in [0, 0.1) is 0 Å². The highest BCUT2D eigenvalue weighted by Crippen LogP contribution is 2.17. The predicted octanol–water partition coefficient (Wildman–Crippen LogP) is 17.9. The summed E-state index contributed by atoms with van der Waals surface area (Å²) < 4.78 is 5.66.